The van der Waals surface area contributed by atoms with Gasteiger partial charge in [-0.15, -0.1) is 0 Å². The summed E-state index contributed by atoms with van der Waals surface area (Å²) in [5.74, 6) is 0.886. The standard InChI is InChI=1S/C15H22O2/c1-11(2)13-5-3-12(4-6-13)9-15(16)14-7-8-17-10-14/h3-6,11,14-16H,7-10H2,1-2H3. The number of hydrogen-bond acceptors (Lipinski definition) is 2. The molecule has 94 valence electrons. The lowest BCUT2D eigenvalue weighted by atomic mass is 9.94. The molecule has 2 unspecified atom stereocenters. The molecule has 1 aliphatic heterocycles. The van der Waals surface area contributed by atoms with Gasteiger partial charge in [0.25, 0.3) is 0 Å². The Hall–Kier alpha value is -0.860. The Bertz CT molecular complexity index is 336. The van der Waals surface area contributed by atoms with Crippen LogP contribution in [-0.4, -0.2) is 24.4 Å². The number of aliphatic hydroxyl groups excluding tert-OH is 1. The van der Waals surface area contributed by atoms with Gasteiger partial charge in [0.2, 0.25) is 0 Å². The average molecular weight is 234 g/mol. The van der Waals surface area contributed by atoms with Crippen LogP contribution in [0.5, 0.6) is 0 Å². The van der Waals surface area contributed by atoms with Crippen LogP contribution in [0.15, 0.2) is 24.3 Å². The third-order valence-corrected chi connectivity index (χ3v) is 3.60. The van der Waals surface area contributed by atoms with Gasteiger partial charge in [0.1, 0.15) is 0 Å². The Balaban J connectivity index is 1.93. The summed E-state index contributed by atoms with van der Waals surface area (Å²) in [5.41, 5.74) is 2.57. The molecule has 1 heterocycles. The summed E-state index contributed by atoms with van der Waals surface area (Å²) >= 11 is 0. The van der Waals surface area contributed by atoms with E-state index in [0.29, 0.717) is 18.4 Å². The molecule has 1 aromatic rings. The Morgan fingerprint density at radius 1 is 1.29 bits per heavy atom. The van der Waals surface area contributed by atoms with Crippen molar-refractivity contribution in [2.75, 3.05) is 13.2 Å². The van der Waals surface area contributed by atoms with E-state index in [1.165, 1.54) is 11.1 Å². The minimum Gasteiger partial charge on any atom is -0.392 e. The van der Waals surface area contributed by atoms with Crippen LogP contribution in [0.2, 0.25) is 0 Å². The third kappa shape index (κ3) is 3.30. The van der Waals surface area contributed by atoms with Crippen molar-refractivity contribution < 1.29 is 9.84 Å². The van der Waals surface area contributed by atoms with E-state index >= 15 is 0 Å². The zero-order valence-electron chi connectivity index (χ0n) is 10.7. The van der Waals surface area contributed by atoms with Gasteiger partial charge < -0.3 is 9.84 Å². The Labute approximate surface area is 104 Å². The van der Waals surface area contributed by atoms with Crippen molar-refractivity contribution in [3.63, 3.8) is 0 Å². The summed E-state index contributed by atoms with van der Waals surface area (Å²) in [6, 6.07) is 8.60. The van der Waals surface area contributed by atoms with Crippen LogP contribution in [0.25, 0.3) is 0 Å². The molecule has 2 rings (SSSR count). The number of benzene rings is 1. The highest BCUT2D eigenvalue weighted by atomic mass is 16.5. The normalized spacial score (nSPS) is 22.0. The molecule has 2 heteroatoms. The molecule has 2 atom stereocenters. The molecule has 1 aliphatic rings. The summed E-state index contributed by atoms with van der Waals surface area (Å²) in [5, 5.41) is 10.1. The Kier molecular flexibility index (Phi) is 4.19. The van der Waals surface area contributed by atoms with E-state index in [4.69, 9.17) is 4.74 Å². The van der Waals surface area contributed by atoms with Gasteiger partial charge in [-0.2, -0.15) is 0 Å². The number of rotatable bonds is 4. The van der Waals surface area contributed by atoms with E-state index in [1.54, 1.807) is 0 Å². The molecular weight excluding hydrogens is 212 g/mol. The molecule has 1 saturated heterocycles. The summed E-state index contributed by atoms with van der Waals surface area (Å²) in [7, 11) is 0. The highest BCUT2D eigenvalue weighted by Crippen LogP contribution is 2.21. The molecule has 1 fully saturated rings. The maximum Gasteiger partial charge on any atom is 0.0631 e. The Morgan fingerprint density at radius 3 is 2.53 bits per heavy atom. The zero-order valence-corrected chi connectivity index (χ0v) is 10.7. The lowest BCUT2D eigenvalue weighted by Gasteiger charge is -2.16. The second-order valence-electron chi connectivity index (χ2n) is 5.29. The molecule has 0 radical (unpaired) electrons. The summed E-state index contributed by atoms with van der Waals surface area (Å²) in [4.78, 5) is 0. The second kappa shape index (κ2) is 5.65. The molecule has 17 heavy (non-hydrogen) atoms. The lowest BCUT2D eigenvalue weighted by Crippen LogP contribution is -2.22. The van der Waals surface area contributed by atoms with Crippen molar-refractivity contribution in [1.29, 1.82) is 0 Å². The smallest absolute Gasteiger partial charge is 0.0631 e. The van der Waals surface area contributed by atoms with E-state index in [1.807, 2.05) is 0 Å². The fourth-order valence-electron chi connectivity index (χ4n) is 2.30. The van der Waals surface area contributed by atoms with Gasteiger partial charge in [-0.25, -0.2) is 0 Å². The van der Waals surface area contributed by atoms with E-state index in [9.17, 15) is 5.11 Å². The maximum atomic E-state index is 10.1. The van der Waals surface area contributed by atoms with Crippen LogP contribution < -0.4 is 0 Å². The maximum absolute atomic E-state index is 10.1. The van der Waals surface area contributed by atoms with E-state index in [0.717, 1.165) is 19.4 Å². The minimum atomic E-state index is -0.262. The zero-order chi connectivity index (χ0) is 12.3. The average Bonchev–Trinajstić information content (AvgIpc) is 2.83. The molecule has 1 aromatic carbocycles. The van der Waals surface area contributed by atoms with Gasteiger partial charge in [0.05, 0.1) is 12.7 Å². The van der Waals surface area contributed by atoms with Crippen LogP contribution in [0, 0.1) is 5.92 Å². The van der Waals surface area contributed by atoms with Crippen molar-refractivity contribution in [3.05, 3.63) is 35.4 Å². The molecule has 0 saturated carbocycles. The predicted octanol–water partition coefficient (Wildman–Crippen LogP) is 2.75. The molecule has 2 nitrogen and oxygen atoms in total. The number of hydrogen-bond donors (Lipinski definition) is 1. The quantitative estimate of drug-likeness (QED) is 0.868. The van der Waals surface area contributed by atoms with Gasteiger partial charge in [-0.1, -0.05) is 38.1 Å². The van der Waals surface area contributed by atoms with Crippen molar-refractivity contribution >= 4 is 0 Å². The Morgan fingerprint density at radius 2 is 2.00 bits per heavy atom. The summed E-state index contributed by atoms with van der Waals surface area (Å²) in [6.45, 7) is 5.90. The van der Waals surface area contributed by atoms with Crippen molar-refractivity contribution in [2.45, 2.75) is 38.7 Å². The number of aliphatic hydroxyl groups is 1. The van der Waals surface area contributed by atoms with Crippen LogP contribution in [0.3, 0.4) is 0 Å². The first-order valence-corrected chi connectivity index (χ1v) is 6.51. The molecule has 0 aromatic heterocycles. The lowest BCUT2D eigenvalue weighted by molar-refractivity contribution is 0.0919. The van der Waals surface area contributed by atoms with Gasteiger partial charge >= 0.3 is 0 Å². The van der Waals surface area contributed by atoms with E-state index < -0.39 is 0 Å². The van der Waals surface area contributed by atoms with Gasteiger partial charge in [0, 0.05) is 12.5 Å². The predicted molar refractivity (Wildman–Crippen MR) is 69.2 cm³/mol. The minimum absolute atomic E-state index is 0.262. The van der Waals surface area contributed by atoms with Crippen LogP contribution in [0.1, 0.15) is 37.3 Å². The fraction of sp³-hybridized carbons (Fsp3) is 0.600. The molecular formula is C15H22O2. The van der Waals surface area contributed by atoms with E-state index in [-0.39, 0.29) is 6.10 Å². The fourth-order valence-corrected chi connectivity index (χ4v) is 2.30. The molecule has 0 amide bonds. The van der Waals surface area contributed by atoms with Crippen LogP contribution in [0.4, 0.5) is 0 Å². The highest BCUT2D eigenvalue weighted by molar-refractivity contribution is 5.25. The molecule has 0 bridgehead atoms. The molecule has 0 aliphatic carbocycles. The largest absolute Gasteiger partial charge is 0.392 e. The van der Waals surface area contributed by atoms with Crippen molar-refractivity contribution in [3.8, 4) is 0 Å². The first kappa shape index (κ1) is 12.6. The molecule has 1 N–H and O–H groups in total. The molecule has 0 spiro atoms. The summed E-state index contributed by atoms with van der Waals surface area (Å²) in [6.07, 6.45) is 1.47. The van der Waals surface area contributed by atoms with Crippen molar-refractivity contribution in [2.24, 2.45) is 5.92 Å². The van der Waals surface area contributed by atoms with Gasteiger partial charge in [0.15, 0.2) is 0 Å². The summed E-state index contributed by atoms with van der Waals surface area (Å²) < 4.78 is 5.31. The second-order valence-corrected chi connectivity index (χ2v) is 5.29. The topological polar surface area (TPSA) is 29.5 Å². The first-order valence-electron chi connectivity index (χ1n) is 6.51. The first-order chi connectivity index (χ1) is 8.16. The third-order valence-electron chi connectivity index (χ3n) is 3.60. The monoisotopic (exact) mass is 234 g/mol. The number of ether oxygens (including phenoxy) is 1. The van der Waals surface area contributed by atoms with Gasteiger partial charge in [-0.3, -0.25) is 0 Å². The SMILES string of the molecule is CC(C)c1ccc(CC(O)C2CCOC2)cc1. The van der Waals surface area contributed by atoms with Crippen molar-refractivity contribution in [1.82, 2.24) is 0 Å². The highest BCUT2D eigenvalue weighted by Gasteiger charge is 2.23. The van der Waals surface area contributed by atoms with Crippen LogP contribution >= 0.6 is 0 Å². The van der Waals surface area contributed by atoms with Gasteiger partial charge in [-0.05, 0) is 29.9 Å². The van der Waals surface area contributed by atoms with Crippen LogP contribution in [-0.2, 0) is 11.2 Å². The van der Waals surface area contributed by atoms with E-state index in [2.05, 4.69) is 38.1 Å².